The lowest BCUT2D eigenvalue weighted by molar-refractivity contribution is 0.622. The van der Waals surface area contributed by atoms with Crippen LogP contribution in [0.3, 0.4) is 0 Å². The van der Waals surface area contributed by atoms with Gasteiger partial charge >= 0.3 is 0 Å². The molecule has 0 unspecified atom stereocenters. The van der Waals surface area contributed by atoms with E-state index >= 15 is 0 Å². The van der Waals surface area contributed by atoms with Crippen LogP contribution in [0, 0.1) is 0 Å². The molecule has 0 aliphatic rings. The zero-order chi connectivity index (χ0) is 37.0. The third-order valence-corrected chi connectivity index (χ3v) is 10.4. The number of oxazole rings is 1. The van der Waals surface area contributed by atoms with Crippen LogP contribution in [-0.2, 0) is 0 Å². The van der Waals surface area contributed by atoms with Crippen molar-refractivity contribution in [1.82, 2.24) is 19.9 Å². The van der Waals surface area contributed by atoms with Crippen LogP contribution in [-0.4, -0.2) is 19.9 Å². The van der Waals surface area contributed by atoms with Crippen molar-refractivity contribution in [3.8, 4) is 67.9 Å². The fourth-order valence-electron chi connectivity index (χ4n) is 7.57. The molecule has 0 radical (unpaired) electrons. The van der Waals surface area contributed by atoms with Crippen molar-refractivity contribution in [3.63, 3.8) is 0 Å². The van der Waals surface area contributed by atoms with Crippen LogP contribution in [0.25, 0.3) is 112 Å². The summed E-state index contributed by atoms with van der Waals surface area (Å²) in [5.74, 6) is 2.34. The van der Waals surface area contributed by atoms with Crippen LogP contribution in [0.1, 0.15) is 0 Å². The van der Waals surface area contributed by atoms with Crippen LogP contribution in [0.4, 0.5) is 0 Å². The Hall–Kier alpha value is -7.70. The van der Waals surface area contributed by atoms with E-state index in [0.29, 0.717) is 28.9 Å². The molecule has 8 aromatic carbocycles. The van der Waals surface area contributed by atoms with Crippen molar-refractivity contribution in [2.75, 3.05) is 0 Å². The average molecular weight is 719 g/mol. The Bertz CT molecular complexity index is 3230. The maximum absolute atomic E-state index is 6.50. The second-order valence-corrected chi connectivity index (χ2v) is 13.8. The van der Waals surface area contributed by atoms with E-state index in [1.807, 2.05) is 60.7 Å². The minimum absolute atomic E-state index is 0.571. The third-order valence-electron chi connectivity index (χ3n) is 10.4. The largest absolute Gasteiger partial charge is 0.456 e. The molecule has 0 aliphatic carbocycles. The zero-order valence-corrected chi connectivity index (χ0v) is 29.9. The van der Waals surface area contributed by atoms with Crippen molar-refractivity contribution >= 4 is 43.8 Å². The van der Waals surface area contributed by atoms with Gasteiger partial charge in [0, 0.05) is 27.6 Å². The summed E-state index contributed by atoms with van der Waals surface area (Å²) in [4.78, 5) is 20.2. The fraction of sp³-hybridized carbons (Fsp3) is 0. The van der Waals surface area contributed by atoms with Gasteiger partial charge in [-0.3, -0.25) is 0 Å². The van der Waals surface area contributed by atoms with Gasteiger partial charge < -0.3 is 8.83 Å². The maximum atomic E-state index is 6.50. The van der Waals surface area contributed by atoms with Gasteiger partial charge in [-0.05, 0) is 75.5 Å². The highest BCUT2D eigenvalue weighted by Crippen LogP contribution is 2.41. The van der Waals surface area contributed by atoms with Crippen LogP contribution < -0.4 is 0 Å². The Balaban J connectivity index is 1.10. The standard InChI is InChI=1S/C50H30N4O2/c1-4-11-31(12-5-1)33-19-22-35(23-20-33)47-52-48(38-18-10-17-37(29-38)32-13-6-2-7-14-32)54-49(53-47)39-24-21-34-25-27-42-44(40(34)30-39)45-43(55-42)28-26-41-46(45)56-50(51-41)36-15-8-3-9-16-36/h1-30H. The summed E-state index contributed by atoms with van der Waals surface area (Å²) < 4.78 is 12.9. The van der Waals surface area contributed by atoms with E-state index < -0.39 is 0 Å². The number of rotatable bonds is 6. The second kappa shape index (κ2) is 13.0. The van der Waals surface area contributed by atoms with Crippen LogP contribution >= 0.6 is 0 Å². The highest BCUT2D eigenvalue weighted by atomic mass is 16.4. The van der Waals surface area contributed by atoms with Crippen molar-refractivity contribution in [1.29, 1.82) is 0 Å². The molecule has 0 bridgehead atoms. The van der Waals surface area contributed by atoms with Gasteiger partial charge in [0.2, 0.25) is 5.89 Å². The van der Waals surface area contributed by atoms with Gasteiger partial charge in [-0.25, -0.2) is 19.9 Å². The van der Waals surface area contributed by atoms with E-state index in [2.05, 4.69) is 121 Å². The quantitative estimate of drug-likeness (QED) is 0.170. The predicted molar refractivity (Wildman–Crippen MR) is 225 cm³/mol. The Morgan fingerprint density at radius 3 is 1.54 bits per heavy atom. The summed E-state index contributed by atoms with van der Waals surface area (Å²) in [6, 6.07) is 61.9. The zero-order valence-electron chi connectivity index (χ0n) is 29.9. The Morgan fingerprint density at radius 2 is 0.821 bits per heavy atom. The van der Waals surface area contributed by atoms with E-state index in [1.54, 1.807) is 0 Å². The van der Waals surface area contributed by atoms with Crippen molar-refractivity contribution in [2.24, 2.45) is 0 Å². The van der Waals surface area contributed by atoms with Gasteiger partial charge in [0.15, 0.2) is 23.1 Å². The number of hydrogen-bond acceptors (Lipinski definition) is 6. The molecule has 0 spiro atoms. The molecule has 3 aromatic heterocycles. The van der Waals surface area contributed by atoms with E-state index in [9.17, 15) is 0 Å². The lowest BCUT2D eigenvalue weighted by Crippen LogP contribution is -2.00. The molecule has 56 heavy (non-hydrogen) atoms. The van der Waals surface area contributed by atoms with Gasteiger partial charge in [-0.15, -0.1) is 0 Å². The third kappa shape index (κ3) is 5.51. The Kier molecular flexibility index (Phi) is 7.38. The molecule has 3 heterocycles. The first kappa shape index (κ1) is 31.8. The average Bonchev–Trinajstić information content (AvgIpc) is 3.89. The number of furan rings is 1. The van der Waals surface area contributed by atoms with Gasteiger partial charge in [0.25, 0.3) is 0 Å². The first-order valence-electron chi connectivity index (χ1n) is 18.5. The minimum Gasteiger partial charge on any atom is -0.456 e. The highest BCUT2D eigenvalue weighted by Gasteiger charge is 2.20. The number of nitrogens with zero attached hydrogens (tertiary/aromatic N) is 4. The number of aromatic nitrogens is 4. The Morgan fingerprint density at radius 1 is 0.321 bits per heavy atom. The molecule has 0 saturated heterocycles. The molecule has 6 heteroatoms. The lowest BCUT2D eigenvalue weighted by atomic mass is 10.0. The normalized spacial score (nSPS) is 11.6. The van der Waals surface area contributed by atoms with E-state index in [0.717, 1.165) is 82.7 Å². The van der Waals surface area contributed by atoms with Crippen LogP contribution in [0.2, 0.25) is 0 Å². The monoisotopic (exact) mass is 718 g/mol. The summed E-state index contributed by atoms with van der Waals surface area (Å²) >= 11 is 0. The first-order valence-corrected chi connectivity index (χ1v) is 18.5. The molecule has 262 valence electrons. The molecule has 0 saturated carbocycles. The molecule has 0 atom stereocenters. The molecule has 11 rings (SSSR count). The highest BCUT2D eigenvalue weighted by molar-refractivity contribution is 6.25. The lowest BCUT2D eigenvalue weighted by Gasteiger charge is -2.11. The van der Waals surface area contributed by atoms with Gasteiger partial charge in [0.1, 0.15) is 16.7 Å². The predicted octanol–water partition coefficient (Wildman–Crippen LogP) is 13.1. The summed E-state index contributed by atoms with van der Waals surface area (Å²) in [6.07, 6.45) is 0. The summed E-state index contributed by atoms with van der Waals surface area (Å²) in [6.45, 7) is 0. The van der Waals surface area contributed by atoms with Gasteiger partial charge in [-0.1, -0.05) is 140 Å². The van der Waals surface area contributed by atoms with Crippen molar-refractivity contribution in [2.45, 2.75) is 0 Å². The second-order valence-electron chi connectivity index (χ2n) is 13.8. The topological polar surface area (TPSA) is 77.8 Å². The molecule has 11 aromatic rings. The molecular formula is C50H30N4O2. The number of fused-ring (bicyclic) bond motifs is 7. The van der Waals surface area contributed by atoms with Crippen LogP contribution in [0.15, 0.2) is 191 Å². The molecule has 0 amide bonds. The van der Waals surface area contributed by atoms with E-state index in [4.69, 9.17) is 28.8 Å². The van der Waals surface area contributed by atoms with Crippen molar-refractivity contribution < 1.29 is 8.83 Å². The molecule has 0 fully saturated rings. The first-order chi connectivity index (χ1) is 27.7. The number of benzene rings is 8. The summed E-state index contributed by atoms with van der Waals surface area (Å²) in [5, 5.41) is 3.92. The molecule has 6 nitrogen and oxygen atoms in total. The van der Waals surface area contributed by atoms with Crippen LogP contribution in [0.5, 0.6) is 0 Å². The molecule has 0 aliphatic heterocycles. The van der Waals surface area contributed by atoms with Crippen molar-refractivity contribution in [3.05, 3.63) is 182 Å². The molecular weight excluding hydrogens is 689 g/mol. The van der Waals surface area contributed by atoms with E-state index in [1.165, 1.54) is 0 Å². The van der Waals surface area contributed by atoms with Gasteiger partial charge in [0.05, 0.1) is 5.39 Å². The fourth-order valence-corrected chi connectivity index (χ4v) is 7.57. The minimum atomic E-state index is 0.571. The Labute approximate surface area is 321 Å². The molecule has 0 N–H and O–H groups in total. The van der Waals surface area contributed by atoms with Gasteiger partial charge in [-0.2, -0.15) is 0 Å². The van der Waals surface area contributed by atoms with E-state index in [-0.39, 0.29) is 0 Å². The SMILES string of the molecule is c1ccc(-c2ccc(-c3nc(-c4cccc(-c5ccccc5)c4)nc(-c4ccc5ccc6oc7ccc8nc(-c9ccccc9)oc8c7c6c5c4)n3)cc2)cc1. The summed E-state index contributed by atoms with van der Waals surface area (Å²) in [5.41, 5.74) is 11.1. The maximum Gasteiger partial charge on any atom is 0.227 e. The summed E-state index contributed by atoms with van der Waals surface area (Å²) in [7, 11) is 0. The number of hydrogen-bond donors (Lipinski definition) is 0. The smallest absolute Gasteiger partial charge is 0.227 e.